The van der Waals surface area contributed by atoms with Gasteiger partial charge in [0, 0.05) is 36.3 Å². The molecule has 0 spiro atoms. The van der Waals surface area contributed by atoms with Crippen molar-refractivity contribution in [2.75, 3.05) is 25.0 Å². The molecule has 2 saturated carbocycles. The van der Waals surface area contributed by atoms with E-state index >= 15 is 0 Å². The third kappa shape index (κ3) is 2.67. The van der Waals surface area contributed by atoms with Gasteiger partial charge in [0.25, 0.3) is 0 Å². The molecular formula is C22H26FN3O4. The molecule has 160 valence electrons. The van der Waals surface area contributed by atoms with Crippen molar-refractivity contribution in [3.63, 3.8) is 0 Å². The molecule has 4 aliphatic rings. The number of carbonyl (C=O) groups is 2. The van der Waals surface area contributed by atoms with Crippen molar-refractivity contribution in [2.24, 2.45) is 5.92 Å². The van der Waals surface area contributed by atoms with Gasteiger partial charge in [-0.3, -0.25) is 9.44 Å². The van der Waals surface area contributed by atoms with Crippen molar-refractivity contribution in [1.82, 2.24) is 9.96 Å². The third-order valence-corrected chi connectivity index (χ3v) is 7.56. The molecular weight excluding hydrogens is 389 g/mol. The molecule has 0 bridgehead atoms. The first-order valence-electron chi connectivity index (χ1n) is 10.5. The van der Waals surface area contributed by atoms with E-state index in [9.17, 15) is 24.3 Å². The second-order valence-corrected chi connectivity index (χ2v) is 9.15. The molecule has 2 N–H and O–H groups in total. The number of hydrogen-bond donors (Lipinski definition) is 2. The largest absolute Gasteiger partial charge is 0.622 e. The van der Waals surface area contributed by atoms with Crippen LogP contribution in [0.5, 0.6) is 0 Å². The summed E-state index contributed by atoms with van der Waals surface area (Å²) >= 11 is 0. The quantitative estimate of drug-likeness (QED) is 0.436. The molecule has 8 heteroatoms. The number of benzene rings is 1. The molecule has 2 heterocycles. The van der Waals surface area contributed by atoms with Crippen molar-refractivity contribution in [3.8, 4) is 0 Å². The number of nitrogens with zero attached hydrogens (tertiary/aromatic N) is 2. The number of carboxylic acids is 1. The van der Waals surface area contributed by atoms with Gasteiger partial charge in [0.05, 0.1) is 5.56 Å². The number of carbonyl (C=O) groups excluding carboxylic acids is 1. The minimum absolute atomic E-state index is 0.0701. The molecule has 1 unspecified atom stereocenters. The number of halogens is 1. The fourth-order valence-electron chi connectivity index (χ4n) is 5.52. The Morgan fingerprint density at radius 3 is 2.67 bits per heavy atom. The number of ketones is 1. The summed E-state index contributed by atoms with van der Waals surface area (Å²) in [6.45, 7) is 3.50. The van der Waals surface area contributed by atoms with E-state index in [1.165, 1.54) is 12.8 Å². The monoisotopic (exact) mass is 415 g/mol. The van der Waals surface area contributed by atoms with Crippen LogP contribution in [0, 0.1) is 18.0 Å². The first-order valence-corrected chi connectivity index (χ1v) is 10.5. The summed E-state index contributed by atoms with van der Waals surface area (Å²) in [7, 11) is 2.00. The average molecular weight is 415 g/mol. The van der Waals surface area contributed by atoms with Crippen LogP contribution < -0.4 is 14.9 Å². The number of alkyl halides is 1. The smallest absolute Gasteiger partial charge is 0.345 e. The van der Waals surface area contributed by atoms with Crippen molar-refractivity contribution >= 4 is 23.1 Å². The zero-order valence-electron chi connectivity index (χ0n) is 17.2. The normalized spacial score (nSPS) is 33.9. The van der Waals surface area contributed by atoms with Crippen molar-refractivity contribution in [2.45, 2.75) is 50.4 Å². The van der Waals surface area contributed by atoms with E-state index in [2.05, 4.69) is 10.2 Å². The van der Waals surface area contributed by atoms with Crippen LogP contribution in [0.3, 0.4) is 0 Å². The summed E-state index contributed by atoms with van der Waals surface area (Å²) in [6.07, 6.45) is 3.07. The summed E-state index contributed by atoms with van der Waals surface area (Å²) in [5.41, 5.74) is 1.43. The summed E-state index contributed by atoms with van der Waals surface area (Å²) < 4.78 is 12.8. The fourth-order valence-corrected chi connectivity index (χ4v) is 5.52. The zero-order valence-corrected chi connectivity index (χ0v) is 17.2. The number of nitrogens with one attached hydrogen (secondary N) is 1. The number of hydroxylamine groups is 2. The van der Waals surface area contributed by atoms with Crippen LogP contribution in [-0.2, 0) is 4.79 Å². The standard InChI is InChI=1S/C22H26FN3O4/c1-12-17(25-8-5-13(10-25)22(24-2)6-7-22)4-3-14-19(12)26(30,18-9-16(18)23)11-15(20(14)27)21(28)29/h3-4,11,13,16,18,24H,5-10H2,1-2H3,(H,28,29)/t13-,16-,18-,26?/m1/s1. The Morgan fingerprint density at radius 2 is 2.10 bits per heavy atom. The Morgan fingerprint density at radius 1 is 1.40 bits per heavy atom. The molecule has 5 rings (SSSR count). The molecule has 2 aliphatic carbocycles. The highest BCUT2D eigenvalue weighted by Gasteiger charge is 2.55. The lowest BCUT2D eigenvalue weighted by molar-refractivity contribution is -0.132. The molecule has 4 atom stereocenters. The van der Waals surface area contributed by atoms with Gasteiger partial charge in [-0.2, -0.15) is 0 Å². The van der Waals surface area contributed by atoms with Gasteiger partial charge >= 0.3 is 5.97 Å². The number of quaternary nitrogens is 1. The van der Waals surface area contributed by atoms with Crippen LogP contribution >= 0.6 is 0 Å². The minimum atomic E-state index is -1.45. The van der Waals surface area contributed by atoms with E-state index in [-0.39, 0.29) is 23.2 Å². The molecule has 1 saturated heterocycles. The van der Waals surface area contributed by atoms with Crippen LogP contribution in [-0.4, -0.2) is 54.7 Å². The van der Waals surface area contributed by atoms with Gasteiger partial charge in [0.1, 0.15) is 12.2 Å². The van der Waals surface area contributed by atoms with Gasteiger partial charge in [-0.05, 0) is 51.3 Å². The molecule has 1 aromatic rings. The molecule has 3 fully saturated rings. The summed E-state index contributed by atoms with van der Waals surface area (Å²) in [6, 6.07) is 2.46. The predicted molar refractivity (Wildman–Crippen MR) is 111 cm³/mol. The van der Waals surface area contributed by atoms with E-state index in [1.807, 2.05) is 13.1 Å². The number of fused-ring (bicyclic) bond motifs is 1. The van der Waals surface area contributed by atoms with Gasteiger partial charge in [-0.1, -0.05) is 0 Å². The van der Waals surface area contributed by atoms with E-state index in [1.54, 1.807) is 13.0 Å². The van der Waals surface area contributed by atoms with Gasteiger partial charge in [0.2, 0.25) is 5.78 Å². The second kappa shape index (κ2) is 6.35. The van der Waals surface area contributed by atoms with Crippen molar-refractivity contribution in [1.29, 1.82) is 0 Å². The lowest BCUT2D eigenvalue weighted by Crippen LogP contribution is -2.46. The molecule has 7 nitrogen and oxygen atoms in total. The number of aliphatic carboxylic acids is 1. The Bertz CT molecular complexity index is 989. The van der Waals surface area contributed by atoms with Crippen molar-refractivity contribution < 1.29 is 19.1 Å². The predicted octanol–water partition coefficient (Wildman–Crippen LogP) is 2.65. The maximum atomic E-state index is 14.0. The van der Waals surface area contributed by atoms with Crippen molar-refractivity contribution in [3.05, 3.63) is 40.2 Å². The van der Waals surface area contributed by atoms with Crippen LogP contribution in [0.1, 0.15) is 41.6 Å². The van der Waals surface area contributed by atoms with E-state index in [0.717, 1.165) is 31.4 Å². The first-order chi connectivity index (χ1) is 14.2. The summed E-state index contributed by atoms with van der Waals surface area (Å²) in [5.74, 6) is -1.62. The number of Topliss-reactive ketones (excluding diaryl/α,β-unsaturated/α-hetero) is 1. The maximum Gasteiger partial charge on any atom is 0.345 e. The Balaban J connectivity index is 1.56. The Labute approximate surface area is 174 Å². The van der Waals surface area contributed by atoms with E-state index in [0.29, 0.717) is 11.5 Å². The minimum Gasteiger partial charge on any atom is -0.622 e. The molecule has 2 aliphatic heterocycles. The molecule has 0 aromatic heterocycles. The number of hydrogen-bond acceptors (Lipinski definition) is 5. The highest BCUT2D eigenvalue weighted by Crippen LogP contribution is 2.51. The highest BCUT2D eigenvalue weighted by molar-refractivity contribution is 6.27. The molecule has 0 radical (unpaired) electrons. The van der Waals surface area contributed by atoms with Gasteiger partial charge < -0.3 is 20.5 Å². The van der Waals surface area contributed by atoms with E-state index < -0.39 is 34.2 Å². The SMILES string of the molecule is CNC1([C@@H]2CCN(c3ccc4c(c3C)[N+]([O-])([C@@H]3C[C@H]3F)C=C(C(=O)O)C4=O)C2)CC1. The third-order valence-electron chi connectivity index (χ3n) is 7.56. The van der Waals surface area contributed by atoms with E-state index in [4.69, 9.17) is 0 Å². The topological polar surface area (TPSA) is 92.7 Å². The Hall–Kier alpha value is -2.29. The van der Waals surface area contributed by atoms with Gasteiger partial charge in [-0.25, -0.2) is 9.18 Å². The summed E-state index contributed by atoms with van der Waals surface area (Å²) in [5, 5.41) is 26.7. The summed E-state index contributed by atoms with van der Waals surface area (Å²) in [4.78, 5) is 26.6. The van der Waals surface area contributed by atoms with Gasteiger partial charge in [0.15, 0.2) is 17.4 Å². The maximum absolute atomic E-state index is 14.0. The highest BCUT2D eigenvalue weighted by atomic mass is 19.1. The second-order valence-electron chi connectivity index (χ2n) is 9.15. The van der Waals surface area contributed by atoms with Crippen LogP contribution in [0.4, 0.5) is 15.8 Å². The van der Waals surface area contributed by atoms with Crippen LogP contribution in [0.25, 0.3) is 0 Å². The lowest BCUT2D eigenvalue weighted by Gasteiger charge is -2.43. The lowest BCUT2D eigenvalue weighted by atomic mass is 9.93. The average Bonchev–Trinajstić information content (AvgIpc) is 3.62. The van der Waals surface area contributed by atoms with Crippen LogP contribution in [0.2, 0.25) is 0 Å². The Kier molecular flexibility index (Phi) is 4.16. The molecule has 30 heavy (non-hydrogen) atoms. The number of carboxylic acid groups (broad SMARTS) is 1. The number of anilines is 1. The molecule has 1 aromatic carbocycles. The van der Waals surface area contributed by atoms with Crippen LogP contribution in [0.15, 0.2) is 23.9 Å². The fraction of sp³-hybridized carbons (Fsp3) is 0.545. The van der Waals surface area contributed by atoms with Gasteiger partial charge in [-0.15, -0.1) is 0 Å². The number of rotatable bonds is 5. The molecule has 0 amide bonds. The first kappa shape index (κ1) is 19.7. The zero-order chi connectivity index (χ0) is 21.4.